The van der Waals surface area contributed by atoms with Gasteiger partial charge in [-0.3, -0.25) is 9.69 Å². The number of nitrogens with zero attached hydrogens (tertiary/aromatic N) is 5. The first kappa shape index (κ1) is 21.5. The third-order valence-electron chi connectivity index (χ3n) is 5.79. The third-order valence-corrected chi connectivity index (χ3v) is 6.04. The lowest BCUT2D eigenvalue weighted by molar-refractivity contribution is -0.120. The van der Waals surface area contributed by atoms with Gasteiger partial charge in [-0.25, -0.2) is 4.39 Å². The largest absolute Gasteiger partial charge is 0.376 e. The van der Waals surface area contributed by atoms with Gasteiger partial charge in [-0.05, 0) is 64.7 Å². The van der Waals surface area contributed by atoms with Crippen molar-refractivity contribution in [2.75, 3.05) is 24.6 Å². The van der Waals surface area contributed by atoms with E-state index >= 15 is 0 Å². The van der Waals surface area contributed by atoms with E-state index < -0.39 is 0 Å². The van der Waals surface area contributed by atoms with Crippen molar-refractivity contribution in [1.29, 1.82) is 0 Å². The van der Waals surface area contributed by atoms with E-state index in [0.717, 1.165) is 36.3 Å². The topological polar surface area (TPSA) is 85.2 Å². The molecule has 10 heteroatoms. The van der Waals surface area contributed by atoms with Crippen LogP contribution in [0.25, 0.3) is 5.70 Å². The van der Waals surface area contributed by atoms with Crippen molar-refractivity contribution in [1.82, 2.24) is 25.5 Å². The number of allylic oxidation sites excluding steroid dienone is 1. The number of nitrogens with one attached hydrogen (secondary N) is 1. The molecule has 2 aromatic carbocycles. The molecule has 1 aromatic heterocycles. The van der Waals surface area contributed by atoms with Gasteiger partial charge in [0.2, 0.25) is 5.91 Å². The first-order valence-corrected chi connectivity index (χ1v) is 11.1. The van der Waals surface area contributed by atoms with Crippen LogP contribution in [0.2, 0.25) is 5.02 Å². The van der Waals surface area contributed by atoms with Gasteiger partial charge in [0.15, 0.2) is 0 Å². The number of hydrogen-bond donors (Lipinski definition) is 1. The second-order valence-electron chi connectivity index (χ2n) is 8.00. The summed E-state index contributed by atoms with van der Waals surface area (Å²) >= 11 is 6.10. The maximum Gasteiger partial charge on any atom is 0.251 e. The number of halogens is 2. The Bertz CT molecular complexity index is 1160. The van der Waals surface area contributed by atoms with E-state index in [-0.39, 0.29) is 30.4 Å². The van der Waals surface area contributed by atoms with E-state index in [4.69, 9.17) is 16.3 Å². The minimum absolute atomic E-state index is 0.0255. The fraction of sp³-hybridized carbons (Fsp3) is 0.304. The molecule has 5 rings (SSSR count). The van der Waals surface area contributed by atoms with Gasteiger partial charge in [0, 0.05) is 18.2 Å². The number of ether oxygens (including phenoxy) is 1. The van der Waals surface area contributed by atoms with Gasteiger partial charge >= 0.3 is 0 Å². The lowest BCUT2D eigenvalue weighted by atomic mass is 10.0. The van der Waals surface area contributed by atoms with Crippen LogP contribution in [-0.2, 0) is 9.53 Å². The van der Waals surface area contributed by atoms with E-state index in [0.29, 0.717) is 17.5 Å². The van der Waals surface area contributed by atoms with Gasteiger partial charge in [0.1, 0.15) is 18.4 Å². The van der Waals surface area contributed by atoms with E-state index in [2.05, 4.69) is 20.8 Å². The number of anilines is 1. The molecule has 0 aliphatic carbocycles. The molecule has 3 heterocycles. The molecular weight excluding hydrogens is 447 g/mol. The van der Waals surface area contributed by atoms with Crippen molar-refractivity contribution in [2.24, 2.45) is 0 Å². The van der Waals surface area contributed by atoms with E-state index in [1.165, 1.54) is 12.1 Å². The van der Waals surface area contributed by atoms with Crippen LogP contribution in [0.15, 0.2) is 54.6 Å². The van der Waals surface area contributed by atoms with Gasteiger partial charge in [0.25, 0.3) is 5.95 Å². The Balaban J connectivity index is 1.48. The number of carbonyl (C=O) groups is 1. The van der Waals surface area contributed by atoms with Crippen molar-refractivity contribution < 1.29 is 13.9 Å². The molecule has 0 radical (unpaired) electrons. The molecule has 0 spiro atoms. The third kappa shape index (κ3) is 4.60. The lowest BCUT2D eigenvalue weighted by Crippen LogP contribution is -2.42. The molecule has 0 saturated carbocycles. The highest BCUT2D eigenvalue weighted by Crippen LogP contribution is 2.36. The summed E-state index contributed by atoms with van der Waals surface area (Å²) in [5, 5.41) is 15.8. The van der Waals surface area contributed by atoms with Crippen LogP contribution in [0.5, 0.6) is 0 Å². The van der Waals surface area contributed by atoms with E-state index in [1.54, 1.807) is 33.8 Å². The Morgan fingerprint density at radius 3 is 2.70 bits per heavy atom. The zero-order valence-electron chi connectivity index (χ0n) is 17.7. The normalized spacial score (nSPS) is 19.8. The zero-order chi connectivity index (χ0) is 22.8. The summed E-state index contributed by atoms with van der Waals surface area (Å²) in [5.74, 6) is -0.0675. The molecule has 1 amide bonds. The standard InChI is InChI=1S/C23H22ClFN6O2/c24-17-7-3-15(4-8-17)20-12-21(16-5-9-18(25)10-6-16)31-23(27-28-29-31)30(20)14-22(32)26-13-19-2-1-11-33-19/h3-10,12,19,21H,1-2,11,13-14H2,(H,26,32)/t19-,21+/m1/s1. The highest BCUT2D eigenvalue weighted by Gasteiger charge is 2.32. The predicted molar refractivity (Wildman–Crippen MR) is 121 cm³/mol. The second-order valence-corrected chi connectivity index (χ2v) is 8.44. The monoisotopic (exact) mass is 468 g/mol. The zero-order valence-corrected chi connectivity index (χ0v) is 18.5. The van der Waals surface area contributed by atoms with Crippen LogP contribution >= 0.6 is 11.6 Å². The maximum atomic E-state index is 13.5. The minimum Gasteiger partial charge on any atom is -0.376 e. The molecule has 2 aliphatic rings. The Kier molecular flexibility index (Phi) is 6.06. The summed E-state index contributed by atoms with van der Waals surface area (Å²) in [5.41, 5.74) is 2.43. The number of benzene rings is 2. The van der Waals surface area contributed by atoms with Crippen molar-refractivity contribution >= 4 is 29.2 Å². The number of fused-ring (bicyclic) bond motifs is 1. The van der Waals surface area contributed by atoms with Crippen LogP contribution in [0.1, 0.15) is 30.0 Å². The average molecular weight is 469 g/mol. The van der Waals surface area contributed by atoms with Crippen LogP contribution in [0, 0.1) is 5.82 Å². The molecule has 2 atom stereocenters. The van der Waals surface area contributed by atoms with Crippen molar-refractivity contribution in [2.45, 2.75) is 25.0 Å². The first-order chi connectivity index (χ1) is 16.1. The van der Waals surface area contributed by atoms with Gasteiger partial charge in [-0.15, -0.1) is 0 Å². The number of amides is 1. The number of aromatic nitrogens is 4. The van der Waals surface area contributed by atoms with Gasteiger partial charge < -0.3 is 10.1 Å². The summed E-state index contributed by atoms with van der Waals surface area (Å²) in [4.78, 5) is 14.6. The molecule has 0 unspecified atom stereocenters. The second kappa shape index (κ2) is 9.29. The van der Waals surface area contributed by atoms with Crippen molar-refractivity contribution in [3.8, 4) is 0 Å². The quantitative estimate of drug-likeness (QED) is 0.598. The molecule has 2 aliphatic heterocycles. The summed E-state index contributed by atoms with van der Waals surface area (Å²) < 4.78 is 20.7. The first-order valence-electron chi connectivity index (χ1n) is 10.8. The molecule has 170 valence electrons. The number of rotatable bonds is 6. The van der Waals surface area contributed by atoms with E-state index in [1.807, 2.05) is 18.2 Å². The Hall–Kier alpha value is -3.30. The fourth-order valence-corrected chi connectivity index (χ4v) is 4.25. The number of hydrogen-bond acceptors (Lipinski definition) is 6. The highest BCUT2D eigenvalue weighted by molar-refractivity contribution is 6.30. The van der Waals surface area contributed by atoms with Crippen LogP contribution in [-0.4, -0.2) is 51.9 Å². The summed E-state index contributed by atoms with van der Waals surface area (Å²) in [6.07, 6.45) is 3.97. The highest BCUT2D eigenvalue weighted by atomic mass is 35.5. The molecule has 1 N–H and O–H groups in total. The van der Waals surface area contributed by atoms with Gasteiger partial charge in [0.05, 0.1) is 11.8 Å². The Morgan fingerprint density at radius 1 is 1.18 bits per heavy atom. The van der Waals surface area contributed by atoms with Crippen LogP contribution in [0.3, 0.4) is 0 Å². The maximum absolute atomic E-state index is 13.5. The Morgan fingerprint density at radius 2 is 1.97 bits per heavy atom. The number of carbonyl (C=O) groups excluding carboxylic acids is 1. The smallest absolute Gasteiger partial charge is 0.251 e. The molecule has 3 aromatic rings. The lowest BCUT2D eigenvalue weighted by Gasteiger charge is -2.32. The molecule has 0 bridgehead atoms. The Labute approximate surface area is 195 Å². The SMILES string of the molecule is O=C(CN1C(c2ccc(Cl)cc2)=C[C@@H](c2ccc(F)cc2)n2nnnc21)NC[C@H]1CCCO1. The number of tetrazole rings is 1. The summed E-state index contributed by atoms with van der Waals surface area (Å²) in [6.45, 7) is 1.23. The van der Waals surface area contributed by atoms with Crippen molar-refractivity contribution in [3.63, 3.8) is 0 Å². The fourth-order valence-electron chi connectivity index (χ4n) is 4.12. The summed E-state index contributed by atoms with van der Waals surface area (Å²) in [7, 11) is 0. The average Bonchev–Trinajstić information content (AvgIpc) is 3.52. The van der Waals surface area contributed by atoms with Crippen molar-refractivity contribution in [3.05, 3.63) is 76.6 Å². The molecule has 1 fully saturated rings. The van der Waals surface area contributed by atoms with E-state index in [9.17, 15) is 9.18 Å². The summed E-state index contributed by atoms with van der Waals surface area (Å²) in [6, 6.07) is 13.2. The minimum atomic E-state index is -0.368. The molecule has 1 saturated heterocycles. The molecule has 33 heavy (non-hydrogen) atoms. The predicted octanol–water partition coefficient (Wildman–Crippen LogP) is 3.21. The van der Waals surface area contributed by atoms with Crippen LogP contribution in [0.4, 0.5) is 10.3 Å². The van der Waals surface area contributed by atoms with Gasteiger partial charge in [-0.1, -0.05) is 41.0 Å². The molecular formula is C23H22ClFN6O2. The molecule has 8 nitrogen and oxygen atoms in total. The van der Waals surface area contributed by atoms with Crippen LogP contribution < -0.4 is 10.2 Å². The van der Waals surface area contributed by atoms with Gasteiger partial charge in [-0.2, -0.15) is 4.68 Å².